The number of benzene rings is 1. The van der Waals surface area contributed by atoms with E-state index in [1.807, 2.05) is 30.3 Å². The molecule has 4 nitrogen and oxygen atoms in total. The summed E-state index contributed by atoms with van der Waals surface area (Å²) in [5.74, 6) is 1.46. The summed E-state index contributed by atoms with van der Waals surface area (Å²) in [6, 6.07) is 9.25. The molecule has 1 fully saturated rings. The largest absolute Gasteiger partial charge is 0.368 e. The van der Waals surface area contributed by atoms with E-state index in [-0.39, 0.29) is 24.4 Å². The second kappa shape index (κ2) is 9.86. The van der Waals surface area contributed by atoms with Crippen LogP contribution in [0.3, 0.4) is 0 Å². The van der Waals surface area contributed by atoms with E-state index in [4.69, 9.17) is 4.74 Å². The maximum absolute atomic E-state index is 12.4. The Hall–Kier alpha value is -1.68. The van der Waals surface area contributed by atoms with Crippen molar-refractivity contribution in [1.82, 2.24) is 5.32 Å². The topological polar surface area (TPSA) is 55.4 Å². The Morgan fingerprint density at radius 1 is 1.19 bits per heavy atom. The molecule has 4 heteroatoms. The van der Waals surface area contributed by atoms with Crippen LogP contribution in [0.2, 0.25) is 0 Å². The number of nitrogens with one attached hydrogen (secondary N) is 1. The van der Waals surface area contributed by atoms with Gasteiger partial charge >= 0.3 is 0 Å². The normalized spacial score (nSPS) is 24.3. The predicted molar refractivity (Wildman–Crippen MR) is 104 cm³/mol. The van der Waals surface area contributed by atoms with Crippen LogP contribution in [-0.2, 0) is 20.7 Å². The Kier molecular flexibility index (Phi) is 7.83. The maximum Gasteiger partial charge on any atom is 0.246 e. The van der Waals surface area contributed by atoms with Crippen molar-refractivity contribution in [3.8, 4) is 0 Å². The Morgan fingerprint density at radius 3 is 2.50 bits per heavy atom. The maximum atomic E-state index is 12.4. The predicted octanol–water partition coefficient (Wildman–Crippen LogP) is 3.78. The SMILES string of the molecule is CC(=O)C(Cc1ccccc1)NC(=O)COC1CC(C)CCC1C(C)C. The van der Waals surface area contributed by atoms with E-state index in [1.54, 1.807) is 0 Å². The van der Waals surface area contributed by atoms with Gasteiger partial charge in [-0.25, -0.2) is 0 Å². The Labute approximate surface area is 157 Å². The lowest BCUT2D eigenvalue weighted by atomic mass is 9.75. The molecule has 144 valence electrons. The first-order valence-corrected chi connectivity index (χ1v) is 9.82. The molecule has 0 spiro atoms. The van der Waals surface area contributed by atoms with Crippen LogP contribution in [0.25, 0.3) is 0 Å². The molecule has 0 aromatic heterocycles. The molecular formula is C22H33NO3. The third-order valence-electron chi connectivity index (χ3n) is 5.50. The number of carbonyl (C=O) groups is 2. The minimum Gasteiger partial charge on any atom is -0.368 e. The lowest BCUT2D eigenvalue weighted by Gasteiger charge is -2.37. The van der Waals surface area contributed by atoms with E-state index in [9.17, 15) is 9.59 Å². The smallest absolute Gasteiger partial charge is 0.246 e. The molecule has 4 unspecified atom stereocenters. The molecule has 0 radical (unpaired) electrons. The van der Waals surface area contributed by atoms with Crippen molar-refractivity contribution in [2.24, 2.45) is 17.8 Å². The first-order chi connectivity index (χ1) is 12.4. The molecule has 1 N–H and O–H groups in total. The third-order valence-corrected chi connectivity index (χ3v) is 5.50. The van der Waals surface area contributed by atoms with Crippen LogP contribution in [0.15, 0.2) is 30.3 Å². The number of carbonyl (C=O) groups excluding carboxylic acids is 2. The van der Waals surface area contributed by atoms with Crippen molar-refractivity contribution >= 4 is 11.7 Å². The van der Waals surface area contributed by atoms with E-state index in [1.165, 1.54) is 13.3 Å². The summed E-state index contributed by atoms with van der Waals surface area (Å²) in [7, 11) is 0. The minimum absolute atomic E-state index is 0.0270. The lowest BCUT2D eigenvalue weighted by molar-refractivity contribution is -0.134. The van der Waals surface area contributed by atoms with Gasteiger partial charge in [0.1, 0.15) is 6.61 Å². The van der Waals surface area contributed by atoms with E-state index in [0.717, 1.165) is 18.4 Å². The quantitative estimate of drug-likeness (QED) is 0.768. The van der Waals surface area contributed by atoms with Crippen molar-refractivity contribution < 1.29 is 14.3 Å². The average molecular weight is 360 g/mol. The molecule has 4 atom stereocenters. The zero-order chi connectivity index (χ0) is 19.1. The highest BCUT2D eigenvalue weighted by Gasteiger charge is 2.32. The summed E-state index contributed by atoms with van der Waals surface area (Å²) in [6.07, 6.45) is 4.05. The number of rotatable bonds is 8. The fourth-order valence-corrected chi connectivity index (χ4v) is 3.87. The average Bonchev–Trinajstić information content (AvgIpc) is 2.60. The third kappa shape index (κ3) is 6.24. The number of hydrogen-bond acceptors (Lipinski definition) is 3. The summed E-state index contributed by atoms with van der Waals surface area (Å²) in [5, 5.41) is 2.85. The fraction of sp³-hybridized carbons (Fsp3) is 0.636. The van der Waals surface area contributed by atoms with Gasteiger partial charge in [0.05, 0.1) is 12.1 Å². The first kappa shape index (κ1) is 20.6. The number of ketones is 1. The zero-order valence-corrected chi connectivity index (χ0v) is 16.5. The molecule has 1 aliphatic carbocycles. The lowest BCUT2D eigenvalue weighted by Crippen LogP contribution is -2.44. The van der Waals surface area contributed by atoms with Crippen LogP contribution in [0, 0.1) is 17.8 Å². The highest BCUT2D eigenvalue weighted by molar-refractivity contribution is 5.88. The first-order valence-electron chi connectivity index (χ1n) is 9.82. The van der Waals surface area contributed by atoms with E-state index >= 15 is 0 Å². The fourth-order valence-electron chi connectivity index (χ4n) is 3.87. The van der Waals surface area contributed by atoms with Crippen LogP contribution < -0.4 is 5.32 Å². The van der Waals surface area contributed by atoms with Crippen LogP contribution in [-0.4, -0.2) is 30.4 Å². The summed E-state index contributed by atoms with van der Waals surface area (Å²) in [5.41, 5.74) is 1.04. The molecule has 0 heterocycles. The molecule has 2 rings (SSSR count). The monoisotopic (exact) mass is 359 g/mol. The van der Waals surface area contributed by atoms with Gasteiger partial charge < -0.3 is 10.1 Å². The van der Waals surface area contributed by atoms with Crippen molar-refractivity contribution in [3.05, 3.63) is 35.9 Å². The number of Topliss-reactive ketones (excluding diaryl/α,β-unsaturated/α-hetero) is 1. The van der Waals surface area contributed by atoms with Crippen molar-refractivity contribution in [1.29, 1.82) is 0 Å². The Morgan fingerprint density at radius 2 is 1.88 bits per heavy atom. The van der Waals surface area contributed by atoms with Gasteiger partial charge in [-0.3, -0.25) is 9.59 Å². The highest BCUT2D eigenvalue weighted by atomic mass is 16.5. The van der Waals surface area contributed by atoms with Gasteiger partial charge in [-0.05, 0) is 49.5 Å². The van der Waals surface area contributed by atoms with Crippen molar-refractivity contribution in [2.75, 3.05) is 6.61 Å². The Balaban J connectivity index is 1.88. The van der Waals surface area contributed by atoms with Gasteiger partial charge in [-0.15, -0.1) is 0 Å². The van der Waals surface area contributed by atoms with Crippen LogP contribution in [0.4, 0.5) is 0 Å². The second-order valence-electron chi connectivity index (χ2n) is 8.10. The minimum atomic E-state index is -0.500. The molecule has 0 bridgehead atoms. The van der Waals surface area contributed by atoms with Gasteiger partial charge in [0, 0.05) is 0 Å². The molecule has 1 amide bonds. The molecule has 0 aliphatic heterocycles. The molecule has 0 saturated heterocycles. The van der Waals surface area contributed by atoms with Crippen molar-refractivity contribution in [3.63, 3.8) is 0 Å². The molecule has 1 aliphatic rings. The number of hydrogen-bond donors (Lipinski definition) is 1. The second-order valence-corrected chi connectivity index (χ2v) is 8.10. The summed E-state index contributed by atoms with van der Waals surface area (Å²) >= 11 is 0. The molecular weight excluding hydrogens is 326 g/mol. The molecule has 26 heavy (non-hydrogen) atoms. The van der Waals surface area contributed by atoms with Gasteiger partial charge in [0.2, 0.25) is 5.91 Å². The highest BCUT2D eigenvalue weighted by Crippen LogP contribution is 2.35. The van der Waals surface area contributed by atoms with E-state index in [0.29, 0.717) is 24.2 Å². The summed E-state index contributed by atoms with van der Waals surface area (Å²) in [4.78, 5) is 24.3. The van der Waals surface area contributed by atoms with E-state index < -0.39 is 6.04 Å². The van der Waals surface area contributed by atoms with Crippen LogP contribution in [0.5, 0.6) is 0 Å². The Bertz CT molecular complexity index is 584. The van der Waals surface area contributed by atoms with Gasteiger partial charge in [0.15, 0.2) is 5.78 Å². The van der Waals surface area contributed by atoms with Gasteiger partial charge in [-0.1, -0.05) is 57.5 Å². The van der Waals surface area contributed by atoms with Crippen molar-refractivity contribution in [2.45, 2.75) is 65.5 Å². The van der Waals surface area contributed by atoms with Gasteiger partial charge in [0.25, 0.3) is 0 Å². The standard InChI is InChI=1S/C22H33NO3/c1-15(2)19-11-10-16(3)12-21(19)26-14-22(25)23-20(17(4)24)13-18-8-6-5-7-9-18/h5-9,15-16,19-21H,10-14H2,1-4H3,(H,23,25). The molecule has 1 saturated carbocycles. The zero-order valence-electron chi connectivity index (χ0n) is 16.5. The van der Waals surface area contributed by atoms with Crippen LogP contribution in [0.1, 0.15) is 52.5 Å². The number of amides is 1. The van der Waals surface area contributed by atoms with E-state index in [2.05, 4.69) is 26.1 Å². The van der Waals surface area contributed by atoms with Gasteiger partial charge in [-0.2, -0.15) is 0 Å². The summed E-state index contributed by atoms with van der Waals surface area (Å²) < 4.78 is 6.00. The number of ether oxygens (including phenoxy) is 1. The molecule has 1 aromatic rings. The molecule has 1 aromatic carbocycles. The van der Waals surface area contributed by atoms with Crippen LogP contribution >= 0.6 is 0 Å². The summed E-state index contributed by atoms with van der Waals surface area (Å²) in [6.45, 7) is 8.25.